The summed E-state index contributed by atoms with van der Waals surface area (Å²) in [6.45, 7) is 0. The Labute approximate surface area is 292 Å². The van der Waals surface area contributed by atoms with E-state index in [-0.39, 0.29) is 0 Å². The smallest absolute Gasteiger partial charge is 0.160 e. The highest BCUT2D eigenvalue weighted by molar-refractivity contribution is 6.01. The zero-order valence-corrected chi connectivity index (χ0v) is 27.4. The van der Waals surface area contributed by atoms with Crippen LogP contribution in [0.25, 0.3) is 88.8 Å². The van der Waals surface area contributed by atoms with Crippen LogP contribution in [0.1, 0.15) is 0 Å². The molecule has 0 aliphatic carbocycles. The van der Waals surface area contributed by atoms with Gasteiger partial charge in [0.2, 0.25) is 0 Å². The van der Waals surface area contributed by atoms with Crippen molar-refractivity contribution in [1.29, 1.82) is 0 Å². The summed E-state index contributed by atoms with van der Waals surface area (Å²) in [6, 6.07) is 68.9. The first-order valence-corrected chi connectivity index (χ1v) is 17.0. The van der Waals surface area contributed by atoms with Gasteiger partial charge in [0.05, 0.1) is 11.4 Å². The van der Waals surface area contributed by atoms with Crippen molar-refractivity contribution in [2.45, 2.75) is 0 Å². The fraction of sp³-hybridized carbons (Fsp3) is 0. The van der Waals surface area contributed by atoms with E-state index in [9.17, 15) is 0 Å². The SMILES string of the molecule is c1ccc(-c2cc(-c3cccc(-c4cc(-c5cccc6ccccc56)cc(-c5cccc6ccccc56)c4)c3)nc(-c3ccccc3)n2)cc1. The number of hydrogen-bond donors (Lipinski definition) is 0. The molecule has 0 saturated heterocycles. The second kappa shape index (κ2) is 12.8. The Kier molecular flexibility index (Phi) is 7.53. The zero-order valence-electron chi connectivity index (χ0n) is 27.4. The summed E-state index contributed by atoms with van der Waals surface area (Å²) < 4.78 is 0. The molecular weight excluding hydrogens is 605 g/mol. The first-order chi connectivity index (χ1) is 24.8. The molecule has 9 rings (SSSR count). The fourth-order valence-corrected chi connectivity index (χ4v) is 6.99. The van der Waals surface area contributed by atoms with E-state index >= 15 is 0 Å². The van der Waals surface area contributed by atoms with Gasteiger partial charge < -0.3 is 0 Å². The van der Waals surface area contributed by atoms with E-state index in [1.54, 1.807) is 0 Å². The lowest BCUT2D eigenvalue weighted by molar-refractivity contribution is 1.18. The molecule has 2 nitrogen and oxygen atoms in total. The molecule has 0 atom stereocenters. The van der Waals surface area contributed by atoms with E-state index in [1.165, 1.54) is 43.8 Å². The van der Waals surface area contributed by atoms with Crippen molar-refractivity contribution in [2.75, 3.05) is 0 Å². The van der Waals surface area contributed by atoms with Gasteiger partial charge in [-0.1, -0.05) is 164 Å². The van der Waals surface area contributed by atoms with Crippen LogP contribution in [0.4, 0.5) is 0 Å². The number of aromatic nitrogens is 2. The highest BCUT2D eigenvalue weighted by Gasteiger charge is 2.14. The van der Waals surface area contributed by atoms with Crippen molar-refractivity contribution in [3.8, 4) is 67.3 Å². The number of hydrogen-bond acceptors (Lipinski definition) is 2. The summed E-state index contributed by atoms with van der Waals surface area (Å²) in [6.07, 6.45) is 0. The van der Waals surface area contributed by atoms with Crippen LogP contribution in [0.3, 0.4) is 0 Å². The highest BCUT2D eigenvalue weighted by Crippen LogP contribution is 2.39. The molecule has 0 aliphatic heterocycles. The molecule has 0 unspecified atom stereocenters. The van der Waals surface area contributed by atoms with Crippen LogP contribution < -0.4 is 0 Å². The van der Waals surface area contributed by atoms with Gasteiger partial charge in [-0.2, -0.15) is 0 Å². The van der Waals surface area contributed by atoms with Crippen molar-refractivity contribution >= 4 is 21.5 Å². The lowest BCUT2D eigenvalue weighted by Crippen LogP contribution is -1.96. The standard InChI is InChI=1S/C48H32N2/c1-3-16-35(17-4-1)46-32-47(50-48(49-46)36-18-5-2-6-19-36)38-23-11-22-37(28-38)39-29-40(44-26-12-20-33-14-7-9-24-42(33)44)31-41(30-39)45-27-13-21-34-15-8-10-25-43(34)45/h1-32H. The van der Waals surface area contributed by atoms with E-state index in [0.29, 0.717) is 5.82 Å². The Morgan fingerprint density at radius 3 is 1.30 bits per heavy atom. The van der Waals surface area contributed by atoms with Crippen LogP contribution in [-0.4, -0.2) is 9.97 Å². The molecule has 8 aromatic carbocycles. The summed E-state index contributed by atoms with van der Waals surface area (Å²) >= 11 is 0. The summed E-state index contributed by atoms with van der Waals surface area (Å²) in [5.41, 5.74) is 12.0. The van der Waals surface area contributed by atoms with E-state index in [1.807, 2.05) is 24.3 Å². The second-order valence-electron chi connectivity index (χ2n) is 12.6. The van der Waals surface area contributed by atoms with Gasteiger partial charge in [-0.25, -0.2) is 9.97 Å². The van der Waals surface area contributed by atoms with Gasteiger partial charge in [0.1, 0.15) is 0 Å². The van der Waals surface area contributed by atoms with Gasteiger partial charge in [0.25, 0.3) is 0 Å². The van der Waals surface area contributed by atoms with Crippen LogP contribution in [0, 0.1) is 0 Å². The Morgan fingerprint density at radius 1 is 0.260 bits per heavy atom. The number of fused-ring (bicyclic) bond motifs is 2. The first-order valence-electron chi connectivity index (χ1n) is 17.0. The minimum absolute atomic E-state index is 0.712. The third-order valence-electron chi connectivity index (χ3n) is 9.45. The zero-order chi connectivity index (χ0) is 33.3. The highest BCUT2D eigenvalue weighted by atomic mass is 14.9. The fourth-order valence-electron chi connectivity index (χ4n) is 6.99. The van der Waals surface area contributed by atoms with Crippen molar-refractivity contribution in [1.82, 2.24) is 9.97 Å². The normalized spacial score (nSPS) is 11.2. The third-order valence-corrected chi connectivity index (χ3v) is 9.45. The molecule has 0 N–H and O–H groups in total. The molecule has 2 heteroatoms. The van der Waals surface area contributed by atoms with Crippen LogP contribution >= 0.6 is 0 Å². The first kappa shape index (κ1) is 29.5. The summed E-state index contributed by atoms with van der Waals surface area (Å²) in [7, 11) is 0. The summed E-state index contributed by atoms with van der Waals surface area (Å²) in [5, 5.41) is 4.95. The molecule has 0 saturated carbocycles. The second-order valence-corrected chi connectivity index (χ2v) is 12.6. The molecule has 1 aromatic heterocycles. The van der Waals surface area contributed by atoms with Crippen LogP contribution in [0.2, 0.25) is 0 Å². The molecule has 9 aromatic rings. The Bertz CT molecular complexity index is 2480. The molecule has 0 spiro atoms. The Hall–Kier alpha value is -6.64. The molecular formula is C48H32N2. The molecule has 0 amide bonds. The Balaban J connectivity index is 1.24. The average Bonchev–Trinajstić information content (AvgIpc) is 3.21. The minimum atomic E-state index is 0.712. The van der Waals surface area contributed by atoms with Crippen molar-refractivity contribution < 1.29 is 0 Å². The number of nitrogens with zero attached hydrogens (tertiary/aromatic N) is 2. The van der Waals surface area contributed by atoms with Crippen molar-refractivity contribution in [3.63, 3.8) is 0 Å². The molecule has 1 heterocycles. The molecule has 50 heavy (non-hydrogen) atoms. The Morgan fingerprint density at radius 2 is 0.680 bits per heavy atom. The topological polar surface area (TPSA) is 25.8 Å². The van der Waals surface area contributed by atoms with Crippen molar-refractivity contribution in [2.24, 2.45) is 0 Å². The largest absolute Gasteiger partial charge is 0.228 e. The number of rotatable bonds is 6. The van der Waals surface area contributed by atoms with Gasteiger partial charge in [-0.05, 0) is 85.3 Å². The maximum Gasteiger partial charge on any atom is 0.160 e. The molecule has 0 radical (unpaired) electrons. The van der Waals surface area contributed by atoms with Gasteiger partial charge in [0, 0.05) is 16.7 Å². The lowest BCUT2D eigenvalue weighted by atomic mass is 9.89. The maximum absolute atomic E-state index is 5.12. The van der Waals surface area contributed by atoms with Gasteiger partial charge in [-0.3, -0.25) is 0 Å². The molecule has 0 aliphatic rings. The predicted octanol–water partition coefficient (Wildman–Crippen LogP) is 12.8. The maximum atomic E-state index is 5.12. The van der Waals surface area contributed by atoms with E-state index in [2.05, 4.69) is 170 Å². The average molecular weight is 637 g/mol. The van der Waals surface area contributed by atoms with E-state index in [4.69, 9.17) is 9.97 Å². The van der Waals surface area contributed by atoms with E-state index < -0.39 is 0 Å². The molecule has 0 bridgehead atoms. The van der Waals surface area contributed by atoms with Crippen LogP contribution in [0.15, 0.2) is 194 Å². The quantitative estimate of drug-likeness (QED) is 0.181. The van der Waals surface area contributed by atoms with E-state index in [0.717, 1.165) is 39.2 Å². The monoisotopic (exact) mass is 636 g/mol. The van der Waals surface area contributed by atoms with Gasteiger partial charge in [-0.15, -0.1) is 0 Å². The van der Waals surface area contributed by atoms with Crippen LogP contribution in [0.5, 0.6) is 0 Å². The van der Waals surface area contributed by atoms with Gasteiger partial charge in [0.15, 0.2) is 5.82 Å². The lowest BCUT2D eigenvalue weighted by Gasteiger charge is -2.15. The number of benzene rings is 8. The third kappa shape index (κ3) is 5.63. The molecule has 0 fully saturated rings. The van der Waals surface area contributed by atoms with Crippen molar-refractivity contribution in [3.05, 3.63) is 194 Å². The molecule has 234 valence electrons. The predicted molar refractivity (Wildman–Crippen MR) is 210 cm³/mol. The minimum Gasteiger partial charge on any atom is -0.228 e. The van der Waals surface area contributed by atoms with Gasteiger partial charge >= 0.3 is 0 Å². The summed E-state index contributed by atoms with van der Waals surface area (Å²) in [4.78, 5) is 10.1. The van der Waals surface area contributed by atoms with Crippen LogP contribution in [-0.2, 0) is 0 Å². The summed E-state index contributed by atoms with van der Waals surface area (Å²) in [5.74, 6) is 0.712.